The molecule has 0 unspecified atom stereocenters. The predicted molar refractivity (Wildman–Crippen MR) is 76.2 cm³/mol. The molecule has 1 heterocycles. The van der Waals surface area contributed by atoms with Gasteiger partial charge in [0.2, 0.25) is 0 Å². The van der Waals surface area contributed by atoms with E-state index < -0.39 is 0 Å². The molecule has 0 atom stereocenters. The first kappa shape index (κ1) is 12.8. The van der Waals surface area contributed by atoms with Crippen molar-refractivity contribution in [3.8, 4) is 11.5 Å². The predicted octanol–water partition coefficient (Wildman–Crippen LogP) is 3.01. The summed E-state index contributed by atoms with van der Waals surface area (Å²) < 4.78 is 11.4. The van der Waals surface area contributed by atoms with Crippen molar-refractivity contribution in [3.63, 3.8) is 0 Å². The molecule has 0 amide bonds. The van der Waals surface area contributed by atoms with Crippen LogP contribution in [0.4, 0.5) is 0 Å². The largest absolute Gasteiger partial charge is 0.486 e. The maximum absolute atomic E-state index is 5.71. The molecule has 1 aliphatic heterocycles. The molecule has 3 heteroatoms. The van der Waals surface area contributed by atoms with Gasteiger partial charge < -0.3 is 14.8 Å². The van der Waals surface area contributed by atoms with E-state index in [2.05, 4.69) is 31.4 Å². The van der Waals surface area contributed by atoms with Crippen molar-refractivity contribution in [2.45, 2.75) is 44.6 Å². The van der Waals surface area contributed by atoms with Crippen molar-refractivity contribution >= 4 is 0 Å². The standard InChI is InChI=1S/C16H23NO2/c1-11-9-15-16(19-8-7-18-15)10-14(11)12-3-5-13(17-2)6-4-12/h9-10,12-13,17H,3-8H2,1-2H3. The smallest absolute Gasteiger partial charge is 0.161 e. The Morgan fingerprint density at radius 2 is 1.63 bits per heavy atom. The van der Waals surface area contributed by atoms with Gasteiger partial charge >= 0.3 is 0 Å². The summed E-state index contributed by atoms with van der Waals surface area (Å²) in [5.74, 6) is 2.53. The zero-order valence-electron chi connectivity index (χ0n) is 11.9. The van der Waals surface area contributed by atoms with Gasteiger partial charge in [-0.1, -0.05) is 0 Å². The quantitative estimate of drug-likeness (QED) is 0.887. The molecule has 3 nitrogen and oxygen atoms in total. The number of benzene rings is 1. The van der Waals surface area contributed by atoms with Gasteiger partial charge in [0.1, 0.15) is 13.2 Å². The average molecular weight is 261 g/mol. The van der Waals surface area contributed by atoms with Gasteiger partial charge in [0.05, 0.1) is 0 Å². The number of aryl methyl sites for hydroxylation is 1. The van der Waals surface area contributed by atoms with Crippen LogP contribution in [0.5, 0.6) is 11.5 Å². The van der Waals surface area contributed by atoms with Gasteiger partial charge in [0.25, 0.3) is 0 Å². The van der Waals surface area contributed by atoms with Crippen LogP contribution in [-0.4, -0.2) is 26.3 Å². The van der Waals surface area contributed by atoms with Crippen LogP contribution >= 0.6 is 0 Å². The molecule has 0 radical (unpaired) electrons. The molecule has 1 N–H and O–H groups in total. The third kappa shape index (κ3) is 2.57. The fraction of sp³-hybridized carbons (Fsp3) is 0.625. The highest BCUT2D eigenvalue weighted by molar-refractivity contribution is 5.49. The van der Waals surface area contributed by atoms with Gasteiger partial charge in [-0.15, -0.1) is 0 Å². The molecule has 1 saturated carbocycles. The molecule has 1 aromatic rings. The monoisotopic (exact) mass is 261 g/mol. The van der Waals surface area contributed by atoms with Crippen LogP contribution in [0.25, 0.3) is 0 Å². The van der Waals surface area contributed by atoms with E-state index in [9.17, 15) is 0 Å². The molecule has 1 fully saturated rings. The molecule has 1 aliphatic carbocycles. The van der Waals surface area contributed by atoms with Crippen molar-refractivity contribution in [1.82, 2.24) is 5.32 Å². The third-order valence-corrected chi connectivity index (χ3v) is 4.51. The van der Waals surface area contributed by atoms with Crippen LogP contribution < -0.4 is 14.8 Å². The van der Waals surface area contributed by atoms with E-state index in [1.807, 2.05) is 0 Å². The lowest BCUT2D eigenvalue weighted by atomic mass is 9.80. The minimum atomic E-state index is 0.666. The Morgan fingerprint density at radius 1 is 1.00 bits per heavy atom. The molecular weight excluding hydrogens is 238 g/mol. The molecule has 19 heavy (non-hydrogen) atoms. The lowest BCUT2D eigenvalue weighted by Gasteiger charge is -2.30. The molecule has 2 aliphatic rings. The fourth-order valence-corrected chi connectivity index (χ4v) is 3.34. The highest BCUT2D eigenvalue weighted by Gasteiger charge is 2.24. The zero-order chi connectivity index (χ0) is 13.2. The summed E-state index contributed by atoms with van der Waals surface area (Å²) in [7, 11) is 2.07. The molecule has 0 saturated heterocycles. The Balaban J connectivity index is 1.81. The second kappa shape index (κ2) is 5.41. The van der Waals surface area contributed by atoms with Crippen molar-refractivity contribution in [2.24, 2.45) is 0 Å². The molecule has 3 rings (SSSR count). The van der Waals surface area contributed by atoms with Crippen LogP contribution in [-0.2, 0) is 0 Å². The normalized spacial score (nSPS) is 26.2. The molecule has 0 bridgehead atoms. The van der Waals surface area contributed by atoms with Crippen LogP contribution in [0.1, 0.15) is 42.7 Å². The number of nitrogens with one attached hydrogen (secondary N) is 1. The van der Waals surface area contributed by atoms with Gasteiger partial charge in [-0.25, -0.2) is 0 Å². The van der Waals surface area contributed by atoms with Gasteiger partial charge in [-0.3, -0.25) is 0 Å². The topological polar surface area (TPSA) is 30.5 Å². The van der Waals surface area contributed by atoms with Gasteiger partial charge in [0, 0.05) is 6.04 Å². The number of hydrogen-bond donors (Lipinski definition) is 1. The summed E-state index contributed by atoms with van der Waals surface area (Å²) in [6.07, 6.45) is 5.09. The van der Waals surface area contributed by atoms with E-state index in [0.717, 1.165) is 11.5 Å². The molecule has 104 valence electrons. The summed E-state index contributed by atoms with van der Waals surface area (Å²) in [6.45, 7) is 3.53. The number of rotatable bonds is 2. The number of hydrogen-bond acceptors (Lipinski definition) is 3. The Morgan fingerprint density at radius 3 is 2.26 bits per heavy atom. The molecule has 0 spiro atoms. The van der Waals surface area contributed by atoms with E-state index in [4.69, 9.17) is 9.47 Å². The zero-order valence-corrected chi connectivity index (χ0v) is 11.9. The van der Waals surface area contributed by atoms with Crippen LogP contribution in [0.15, 0.2) is 12.1 Å². The second-order valence-electron chi connectivity index (χ2n) is 5.69. The van der Waals surface area contributed by atoms with E-state index in [1.54, 1.807) is 0 Å². The summed E-state index contributed by atoms with van der Waals surface area (Å²) in [5, 5.41) is 3.40. The first-order valence-electron chi connectivity index (χ1n) is 7.35. The number of ether oxygens (including phenoxy) is 2. The van der Waals surface area contributed by atoms with Crippen molar-refractivity contribution in [2.75, 3.05) is 20.3 Å². The van der Waals surface area contributed by atoms with Crippen LogP contribution in [0.2, 0.25) is 0 Å². The van der Waals surface area contributed by atoms with Crippen LogP contribution in [0.3, 0.4) is 0 Å². The summed E-state index contributed by atoms with van der Waals surface area (Å²) in [4.78, 5) is 0. The first-order chi connectivity index (χ1) is 9.28. The molecule has 0 aromatic heterocycles. The van der Waals surface area contributed by atoms with Gasteiger partial charge in [-0.2, -0.15) is 0 Å². The molecular formula is C16H23NO2. The third-order valence-electron chi connectivity index (χ3n) is 4.51. The lowest BCUT2D eigenvalue weighted by Crippen LogP contribution is -2.29. The Hall–Kier alpha value is -1.22. The first-order valence-corrected chi connectivity index (χ1v) is 7.35. The lowest BCUT2D eigenvalue weighted by molar-refractivity contribution is 0.171. The summed E-state index contributed by atoms with van der Waals surface area (Å²) in [5.41, 5.74) is 2.80. The SMILES string of the molecule is CNC1CCC(c2cc3c(cc2C)OCCO3)CC1. The maximum atomic E-state index is 5.71. The van der Waals surface area contributed by atoms with E-state index in [-0.39, 0.29) is 0 Å². The van der Waals surface area contributed by atoms with E-state index in [1.165, 1.54) is 36.8 Å². The van der Waals surface area contributed by atoms with Gasteiger partial charge in [-0.05, 0) is 68.8 Å². The number of fused-ring (bicyclic) bond motifs is 1. The van der Waals surface area contributed by atoms with E-state index >= 15 is 0 Å². The molecule has 1 aromatic carbocycles. The highest BCUT2D eigenvalue weighted by Crippen LogP contribution is 2.40. The van der Waals surface area contributed by atoms with Crippen molar-refractivity contribution < 1.29 is 9.47 Å². The highest BCUT2D eigenvalue weighted by atomic mass is 16.6. The minimum Gasteiger partial charge on any atom is -0.486 e. The second-order valence-corrected chi connectivity index (χ2v) is 5.69. The summed E-state index contributed by atoms with van der Waals surface area (Å²) >= 11 is 0. The van der Waals surface area contributed by atoms with Crippen molar-refractivity contribution in [1.29, 1.82) is 0 Å². The van der Waals surface area contributed by atoms with Crippen LogP contribution in [0, 0.1) is 6.92 Å². The Bertz CT molecular complexity index is 450. The fourth-order valence-electron chi connectivity index (χ4n) is 3.34. The minimum absolute atomic E-state index is 0.666. The average Bonchev–Trinajstić information content (AvgIpc) is 2.47. The Kier molecular flexibility index (Phi) is 3.65. The summed E-state index contributed by atoms with van der Waals surface area (Å²) in [6, 6.07) is 5.07. The van der Waals surface area contributed by atoms with Crippen molar-refractivity contribution in [3.05, 3.63) is 23.3 Å². The maximum Gasteiger partial charge on any atom is 0.161 e. The Labute approximate surface area is 115 Å². The van der Waals surface area contributed by atoms with Gasteiger partial charge in [0.15, 0.2) is 11.5 Å². The van der Waals surface area contributed by atoms with E-state index in [0.29, 0.717) is 25.2 Å².